The minimum absolute atomic E-state index is 0.00320. The van der Waals surface area contributed by atoms with E-state index in [9.17, 15) is 14.7 Å². The lowest BCUT2D eigenvalue weighted by molar-refractivity contribution is 0.0554. The van der Waals surface area contributed by atoms with Gasteiger partial charge in [0.25, 0.3) is 11.8 Å². The summed E-state index contributed by atoms with van der Waals surface area (Å²) < 4.78 is 16.2. The number of aliphatic hydroxyl groups excluding tert-OH is 1. The molecule has 9 nitrogen and oxygen atoms in total. The van der Waals surface area contributed by atoms with Crippen LogP contribution in [-0.4, -0.2) is 72.4 Å². The van der Waals surface area contributed by atoms with E-state index in [2.05, 4.69) is 0 Å². The van der Waals surface area contributed by atoms with E-state index in [4.69, 9.17) is 19.9 Å². The molecule has 3 aromatic rings. The predicted molar refractivity (Wildman–Crippen MR) is 166 cm³/mol. The fraction of sp³-hybridized carbons (Fsp3) is 0.412. The number of carbonyl (C=O) groups excluding carboxylic acids is 2. The second kappa shape index (κ2) is 14.9. The number of nitrogens with zero attached hydrogens (tertiary/aromatic N) is 2. The molecule has 0 bridgehead atoms. The van der Waals surface area contributed by atoms with Gasteiger partial charge in [-0.25, -0.2) is 0 Å². The summed E-state index contributed by atoms with van der Waals surface area (Å²) in [7, 11) is 1.59. The Kier molecular flexibility index (Phi) is 11.0. The van der Waals surface area contributed by atoms with Gasteiger partial charge in [0.05, 0.1) is 13.2 Å². The molecule has 1 aliphatic heterocycles. The molecule has 3 N–H and O–H groups in total. The van der Waals surface area contributed by atoms with Gasteiger partial charge < -0.3 is 34.9 Å². The van der Waals surface area contributed by atoms with E-state index < -0.39 is 12.1 Å². The summed E-state index contributed by atoms with van der Waals surface area (Å²) in [5, 5.41) is 11.2. The number of fused-ring (bicyclic) bond motifs is 1. The number of ether oxygens (including phenoxy) is 3. The van der Waals surface area contributed by atoms with Crippen molar-refractivity contribution in [3.63, 3.8) is 0 Å². The zero-order valence-electron chi connectivity index (χ0n) is 25.5. The van der Waals surface area contributed by atoms with E-state index in [1.54, 1.807) is 24.1 Å². The van der Waals surface area contributed by atoms with Crippen LogP contribution in [0.2, 0.25) is 0 Å². The Morgan fingerprint density at radius 2 is 1.58 bits per heavy atom. The quantitative estimate of drug-likeness (QED) is 0.283. The SMILES string of the molecule is CCCN(CCC)C(=O)c1cc(C)cc(C(=O)N(Cc2cccc(OC)c2)C[C@@H](O)[C@@H](N)Cc2ccc3c(c2)OCO3)c1. The lowest BCUT2D eigenvalue weighted by atomic mass is 10.00. The van der Waals surface area contributed by atoms with Crippen LogP contribution in [0.4, 0.5) is 0 Å². The third-order valence-corrected chi connectivity index (χ3v) is 7.45. The molecule has 0 fully saturated rings. The van der Waals surface area contributed by atoms with Gasteiger partial charge >= 0.3 is 0 Å². The van der Waals surface area contributed by atoms with Gasteiger partial charge in [-0.15, -0.1) is 0 Å². The van der Waals surface area contributed by atoms with E-state index in [1.807, 2.05) is 74.2 Å². The van der Waals surface area contributed by atoms with Gasteiger partial charge in [0.2, 0.25) is 6.79 Å². The van der Waals surface area contributed by atoms with Crippen molar-refractivity contribution < 1.29 is 28.9 Å². The average molecular weight is 590 g/mol. The minimum atomic E-state index is -1.02. The number of carbonyl (C=O) groups is 2. The van der Waals surface area contributed by atoms with Gasteiger partial charge in [0.15, 0.2) is 11.5 Å². The Hall–Kier alpha value is -4.08. The van der Waals surface area contributed by atoms with E-state index in [0.29, 0.717) is 47.9 Å². The Morgan fingerprint density at radius 1 is 0.907 bits per heavy atom. The molecule has 0 unspecified atom stereocenters. The molecule has 2 amide bonds. The van der Waals surface area contributed by atoms with Gasteiger partial charge in [-0.2, -0.15) is 0 Å². The van der Waals surface area contributed by atoms with Crippen LogP contribution in [0, 0.1) is 6.92 Å². The molecule has 0 saturated carbocycles. The number of hydrogen-bond donors (Lipinski definition) is 2. The zero-order valence-corrected chi connectivity index (χ0v) is 25.5. The number of aliphatic hydroxyl groups is 1. The van der Waals surface area contributed by atoms with Gasteiger partial charge in [-0.3, -0.25) is 9.59 Å². The zero-order chi connectivity index (χ0) is 30.9. The molecule has 0 aromatic heterocycles. The molecule has 43 heavy (non-hydrogen) atoms. The Morgan fingerprint density at radius 3 is 2.26 bits per heavy atom. The molecule has 3 aromatic carbocycles. The van der Waals surface area contributed by atoms with Crippen LogP contribution < -0.4 is 19.9 Å². The van der Waals surface area contributed by atoms with Crippen molar-refractivity contribution in [1.82, 2.24) is 9.80 Å². The fourth-order valence-electron chi connectivity index (χ4n) is 5.30. The number of methoxy groups -OCH3 is 1. The Balaban J connectivity index is 1.58. The van der Waals surface area contributed by atoms with Crippen molar-refractivity contribution >= 4 is 11.8 Å². The fourth-order valence-corrected chi connectivity index (χ4v) is 5.30. The van der Waals surface area contributed by atoms with E-state index in [1.165, 1.54) is 0 Å². The maximum absolute atomic E-state index is 14.1. The van der Waals surface area contributed by atoms with Crippen LogP contribution in [-0.2, 0) is 13.0 Å². The van der Waals surface area contributed by atoms with Crippen LogP contribution in [0.15, 0.2) is 60.7 Å². The molecule has 230 valence electrons. The van der Waals surface area contributed by atoms with E-state index >= 15 is 0 Å². The van der Waals surface area contributed by atoms with Crippen molar-refractivity contribution in [1.29, 1.82) is 0 Å². The first-order chi connectivity index (χ1) is 20.7. The van der Waals surface area contributed by atoms with Crippen LogP contribution >= 0.6 is 0 Å². The highest BCUT2D eigenvalue weighted by Crippen LogP contribution is 2.33. The lowest BCUT2D eigenvalue weighted by Gasteiger charge is -2.29. The number of nitrogens with two attached hydrogens (primary N) is 1. The summed E-state index contributed by atoms with van der Waals surface area (Å²) in [6, 6.07) is 17.7. The van der Waals surface area contributed by atoms with Gasteiger partial charge in [0, 0.05) is 43.3 Å². The average Bonchev–Trinajstić information content (AvgIpc) is 3.47. The minimum Gasteiger partial charge on any atom is -0.497 e. The van der Waals surface area contributed by atoms with Crippen molar-refractivity contribution in [3.8, 4) is 17.2 Å². The summed E-state index contributed by atoms with van der Waals surface area (Å²) in [6.07, 6.45) is 1.06. The maximum atomic E-state index is 14.1. The molecular weight excluding hydrogens is 546 g/mol. The summed E-state index contributed by atoms with van der Waals surface area (Å²) in [6.45, 7) is 7.66. The summed E-state index contributed by atoms with van der Waals surface area (Å²) in [5.74, 6) is 1.60. The third kappa shape index (κ3) is 8.27. The van der Waals surface area contributed by atoms with Crippen LogP contribution in [0.1, 0.15) is 64.1 Å². The highest BCUT2D eigenvalue weighted by molar-refractivity contribution is 6.00. The smallest absolute Gasteiger partial charge is 0.254 e. The monoisotopic (exact) mass is 589 g/mol. The Labute approximate surface area is 254 Å². The second-order valence-corrected chi connectivity index (χ2v) is 11.0. The molecule has 4 rings (SSSR count). The molecule has 0 saturated heterocycles. The lowest BCUT2D eigenvalue weighted by Crippen LogP contribution is -2.46. The molecule has 9 heteroatoms. The summed E-state index contributed by atoms with van der Waals surface area (Å²) in [5.41, 5.74) is 9.87. The predicted octanol–water partition coefficient (Wildman–Crippen LogP) is 4.57. The van der Waals surface area contributed by atoms with Crippen molar-refractivity contribution in [2.24, 2.45) is 5.73 Å². The molecule has 0 aliphatic carbocycles. The van der Waals surface area contributed by atoms with Gasteiger partial charge in [-0.1, -0.05) is 32.0 Å². The highest BCUT2D eigenvalue weighted by atomic mass is 16.7. The first-order valence-corrected chi connectivity index (χ1v) is 14.9. The highest BCUT2D eigenvalue weighted by Gasteiger charge is 2.26. The molecule has 0 radical (unpaired) electrons. The van der Waals surface area contributed by atoms with Gasteiger partial charge in [0.1, 0.15) is 5.75 Å². The molecule has 1 heterocycles. The summed E-state index contributed by atoms with van der Waals surface area (Å²) in [4.78, 5) is 30.9. The van der Waals surface area contributed by atoms with E-state index in [-0.39, 0.29) is 31.7 Å². The first-order valence-electron chi connectivity index (χ1n) is 14.9. The molecule has 2 atom stereocenters. The second-order valence-electron chi connectivity index (χ2n) is 11.0. The standard InChI is InChI=1S/C34H43N3O6/c1-5-12-36(13-6-2)33(39)26-14-23(3)15-27(19-26)34(40)37(20-25-8-7-9-28(16-25)41-4)21-30(38)29(35)17-24-10-11-31-32(18-24)43-22-42-31/h7-11,14-16,18-19,29-30,38H,5-6,12-13,17,20-22,35H2,1-4H3/t29-,30+/m0/s1. The number of benzene rings is 3. The van der Waals surface area contributed by atoms with Gasteiger partial charge in [-0.05, 0) is 85.3 Å². The number of hydrogen-bond acceptors (Lipinski definition) is 7. The maximum Gasteiger partial charge on any atom is 0.254 e. The third-order valence-electron chi connectivity index (χ3n) is 7.45. The number of rotatable bonds is 14. The first kappa shape index (κ1) is 31.8. The molecule has 0 spiro atoms. The number of aryl methyl sites for hydroxylation is 1. The summed E-state index contributed by atoms with van der Waals surface area (Å²) >= 11 is 0. The van der Waals surface area contributed by atoms with Crippen LogP contribution in [0.3, 0.4) is 0 Å². The normalized spacial score (nSPS) is 13.3. The van der Waals surface area contributed by atoms with Crippen LogP contribution in [0.25, 0.3) is 0 Å². The molecular formula is C34H43N3O6. The van der Waals surface area contributed by atoms with Crippen molar-refractivity contribution in [2.45, 2.75) is 58.7 Å². The van der Waals surface area contributed by atoms with Crippen molar-refractivity contribution in [2.75, 3.05) is 33.5 Å². The topological polar surface area (TPSA) is 115 Å². The van der Waals surface area contributed by atoms with Crippen molar-refractivity contribution in [3.05, 3.63) is 88.5 Å². The van der Waals surface area contributed by atoms with E-state index in [0.717, 1.165) is 29.5 Å². The number of amides is 2. The van der Waals surface area contributed by atoms with Crippen LogP contribution in [0.5, 0.6) is 17.2 Å². The Bertz CT molecular complexity index is 1400. The molecule has 1 aliphatic rings. The largest absolute Gasteiger partial charge is 0.497 e.